The van der Waals surface area contributed by atoms with Crippen LogP contribution in [0.15, 0.2) is 34.5 Å². The molecule has 0 bridgehead atoms. The molecule has 0 aromatic heterocycles. The largest absolute Gasteiger partial charge is 1.00 e. The summed E-state index contributed by atoms with van der Waals surface area (Å²) in [6, 6.07) is 7.52. The minimum Gasteiger partial charge on any atom is -1.00 e. The fraction of sp³-hybridized carbons (Fsp3) is 0.0909. The van der Waals surface area contributed by atoms with Crippen molar-refractivity contribution in [1.29, 1.82) is 5.41 Å². The van der Waals surface area contributed by atoms with Crippen LogP contribution < -0.4 is 47.0 Å². The Morgan fingerprint density at radius 1 is 1.10 bits per heavy atom. The molecule has 0 radical (unpaired) electrons. The Hall–Kier alpha value is -2.12. The van der Waals surface area contributed by atoms with Gasteiger partial charge < -0.3 is 42.0 Å². The van der Waals surface area contributed by atoms with E-state index in [2.05, 4.69) is 15.2 Å². The summed E-state index contributed by atoms with van der Waals surface area (Å²) < 4.78 is 0. The average Bonchev–Trinajstić information content (AvgIpc) is 2.30. The summed E-state index contributed by atoms with van der Waals surface area (Å²) in [6.07, 6.45) is 3.32. The molecule has 0 fully saturated rings. The molecule has 0 heterocycles. The molecule has 0 aliphatic carbocycles. The fourth-order valence-corrected chi connectivity index (χ4v) is 1.12. The number of guanidine groups is 1. The molecule has 0 atom stereocenters. The van der Waals surface area contributed by atoms with E-state index < -0.39 is 0 Å². The van der Waals surface area contributed by atoms with Crippen molar-refractivity contribution in [2.75, 3.05) is 6.54 Å². The molecule has 0 saturated heterocycles. The predicted molar refractivity (Wildman–Crippen MR) is 72.8 cm³/mol. The van der Waals surface area contributed by atoms with Crippen LogP contribution in [0, 0.1) is 5.41 Å². The van der Waals surface area contributed by atoms with Gasteiger partial charge in [0.1, 0.15) is 0 Å². The van der Waals surface area contributed by atoms with Crippen LogP contribution in [0.1, 0.15) is 11.1 Å². The lowest BCUT2D eigenvalue weighted by molar-refractivity contribution is -0.432. The van der Waals surface area contributed by atoms with Crippen LogP contribution in [0.4, 0.5) is 0 Å². The molecule has 0 aliphatic heterocycles. The lowest BCUT2D eigenvalue weighted by atomic mass is 10.2. The Morgan fingerprint density at radius 3 is 2.15 bits per heavy atom. The molecule has 7 nitrogen and oxygen atoms in total. The quantitative estimate of drug-likeness (QED) is 0.209. The van der Waals surface area contributed by atoms with E-state index in [4.69, 9.17) is 22.6 Å². The maximum Gasteiger partial charge on any atom is 0.211 e. The Bertz CT molecular complexity index is 490. The summed E-state index contributed by atoms with van der Waals surface area (Å²) in [6.45, 7) is 0.327. The number of nitrogens with two attached hydrogens (primary N) is 3. The number of nitrogens with zero attached hydrogens (tertiary/aromatic N) is 2. The lowest BCUT2D eigenvalue weighted by Gasteiger charge is -1.92. The zero-order valence-corrected chi connectivity index (χ0v) is 12.1. The second-order valence-corrected chi connectivity index (χ2v) is 3.49. The fourth-order valence-electron chi connectivity index (χ4n) is 1.12. The van der Waals surface area contributed by atoms with E-state index in [0.29, 0.717) is 6.54 Å². The number of hydrogen-bond donors (Lipinski definition) is 5. The van der Waals surface area contributed by atoms with E-state index in [1.165, 1.54) is 0 Å². The normalized spacial score (nSPS) is 9.80. The Labute approximate surface area is 129 Å². The van der Waals surface area contributed by atoms with E-state index in [-0.39, 0.29) is 36.6 Å². The first kappa shape index (κ1) is 20.2. The summed E-state index contributed by atoms with van der Waals surface area (Å²) in [5.41, 5.74) is 17.3. The molecular weight excluding hydrogens is 301 g/mol. The topological polar surface area (TPSA) is 141 Å². The lowest BCUT2D eigenvalue weighted by Crippen LogP contribution is -3.00. The minimum atomic E-state index is -0.0790. The van der Waals surface area contributed by atoms with Crippen molar-refractivity contribution in [1.82, 2.24) is 0 Å². The molecule has 0 aliphatic rings. The standard InChI is InChI=1S/C11H15N7.2ClH/c12-10(13)7-16-5-8-1-3-9(4-2-8)6-17-18-11(14)15;;/h1-6H,7H2,(H3,12,13)(H4,14,15,18);2*1H/p-1/b16-5?,17-6+;;. The van der Waals surface area contributed by atoms with Crippen molar-refractivity contribution >= 4 is 24.2 Å². The highest BCUT2D eigenvalue weighted by atomic mass is 35.5. The van der Waals surface area contributed by atoms with Gasteiger partial charge >= 0.3 is 0 Å². The van der Waals surface area contributed by atoms with E-state index in [1.54, 1.807) is 12.4 Å². The van der Waals surface area contributed by atoms with Crippen molar-refractivity contribution in [2.24, 2.45) is 27.4 Å². The van der Waals surface area contributed by atoms with E-state index in [9.17, 15) is 0 Å². The van der Waals surface area contributed by atoms with Gasteiger partial charge in [0.25, 0.3) is 0 Å². The summed E-state index contributed by atoms with van der Waals surface area (Å²) in [4.78, 5) is 2.92. The molecule has 8 N–H and O–H groups in total. The number of hydrogen-bond acceptors (Lipinski definition) is 3. The maximum absolute atomic E-state index is 7.05. The van der Waals surface area contributed by atoms with Gasteiger partial charge in [-0.15, -0.1) is 5.10 Å². The van der Waals surface area contributed by atoms with Gasteiger partial charge in [0, 0.05) is 5.56 Å². The average molecular weight is 317 g/mol. The number of halogens is 2. The number of nitrogens with one attached hydrogen (secondary N) is 2. The van der Waals surface area contributed by atoms with Gasteiger partial charge in [0.2, 0.25) is 5.96 Å². The zero-order valence-electron chi connectivity index (χ0n) is 10.6. The molecule has 110 valence electrons. The van der Waals surface area contributed by atoms with Gasteiger partial charge in [0.05, 0.1) is 6.21 Å². The summed E-state index contributed by atoms with van der Waals surface area (Å²) in [5, 5.41) is 14.2. The molecule has 0 unspecified atom stereocenters. The third-order valence-corrected chi connectivity index (χ3v) is 1.88. The van der Waals surface area contributed by atoms with Gasteiger partial charge in [0.15, 0.2) is 18.6 Å². The van der Waals surface area contributed by atoms with Crippen molar-refractivity contribution in [3.63, 3.8) is 0 Å². The molecule has 9 heteroatoms. The van der Waals surface area contributed by atoms with E-state index in [0.717, 1.165) is 11.1 Å². The molecule has 1 rings (SSSR count). The van der Waals surface area contributed by atoms with E-state index in [1.807, 2.05) is 24.3 Å². The van der Waals surface area contributed by atoms with Crippen LogP contribution in [0.2, 0.25) is 0 Å². The first-order valence-corrected chi connectivity index (χ1v) is 5.19. The highest BCUT2D eigenvalue weighted by molar-refractivity contribution is 5.84. The molecule has 0 saturated carbocycles. The van der Waals surface area contributed by atoms with Crippen molar-refractivity contribution in [2.45, 2.75) is 0 Å². The third-order valence-electron chi connectivity index (χ3n) is 1.88. The second-order valence-electron chi connectivity index (χ2n) is 3.49. The van der Waals surface area contributed by atoms with E-state index >= 15 is 0 Å². The Balaban J connectivity index is 0. The summed E-state index contributed by atoms with van der Waals surface area (Å²) in [5.74, 6) is 0.0110. The first-order valence-electron chi connectivity index (χ1n) is 5.19. The Kier molecular flexibility index (Phi) is 10.9. The first-order chi connectivity index (χ1) is 8.58. The van der Waals surface area contributed by atoms with Crippen LogP contribution in [-0.2, 0) is 0 Å². The van der Waals surface area contributed by atoms with Gasteiger partial charge in [-0.25, -0.2) is 4.99 Å². The van der Waals surface area contributed by atoms with Crippen LogP contribution in [-0.4, -0.2) is 30.8 Å². The molecule has 1 aromatic rings. The SMILES string of the molecule is N=C(N)C[NH+]=Cc1ccc(/C=N/N=C(N)N)cc1.[Cl-].[Cl-]. The summed E-state index contributed by atoms with van der Waals surface area (Å²) in [7, 11) is 0. The second kappa shape index (κ2) is 10.8. The van der Waals surface area contributed by atoms with Crippen molar-refractivity contribution < 1.29 is 29.8 Å². The molecule has 1 aromatic carbocycles. The van der Waals surface area contributed by atoms with Crippen LogP contribution in [0.3, 0.4) is 0 Å². The summed E-state index contributed by atoms with van der Waals surface area (Å²) >= 11 is 0. The van der Waals surface area contributed by atoms with Gasteiger partial charge in [-0.2, -0.15) is 5.10 Å². The van der Waals surface area contributed by atoms with Crippen LogP contribution in [0.25, 0.3) is 0 Å². The minimum absolute atomic E-state index is 0. The van der Waals surface area contributed by atoms with Crippen molar-refractivity contribution in [3.8, 4) is 0 Å². The number of amidine groups is 1. The molecule has 20 heavy (non-hydrogen) atoms. The highest BCUT2D eigenvalue weighted by Crippen LogP contribution is 1.99. The molecule has 0 spiro atoms. The van der Waals surface area contributed by atoms with Crippen LogP contribution in [0.5, 0.6) is 0 Å². The van der Waals surface area contributed by atoms with Gasteiger partial charge in [-0.3, -0.25) is 5.41 Å². The Morgan fingerprint density at radius 2 is 1.65 bits per heavy atom. The predicted octanol–water partition coefficient (Wildman–Crippen LogP) is -8.26. The van der Waals surface area contributed by atoms with Crippen LogP contribution >= 0.6 is 0 Å². The highest BCUT2D eigenvalue weighted by Gasteiger charge is 1.93. The zero-order chi connectivity index (χ0) is 13.4. The van der Waals surface area contributed by atoms with Gasteiger partial charge in [-0.1, -0.05) is 12.1 Å². The van der Waals surface area contributed by atoms with Crippen molar-refractivity contribution in [3.05, 3.63) is 35.4 Å². The third kappa shape index (κ3) is 8.90. The monoisotopic (exact) mass is 316 g/mol. The molecule has 0 amide bonds. The smallest absolute Gasteiger partial charge is 0.211 e. The number of benzene rings is 1. The molecular formula is C11H16Cl2N7-. The van der Waals surface area contributed by atoms with Gasteiger partial charge in [-0.05, 0) is 17.7 Å². The maximum atomic E-state index is 7.05. The number of rotatable bonds is 5.